The number of rotatable bonds is 8. The van der Waals surface area contributed by atoms with Crippen molar-refractivity contribution in [1.82, 2.24) is 9.55 Å². The number of ether oxygens (including phenoxy) is 1. The van der Waals surface area contributed by atoms with Crippen molar-refractivity contribution in [2.75, 3.05) is 6.61 Å². The summed E-state index contributed by atoms with van der Waals surface area (Å²) in [6.45, 7) is -1.16. The molecule has 0 saturated carbocycles. The van der Waals surface area contributed by atoms with Gasteiger partial charge in [-0.3, -0.25) is 14.1 Å². The van der Waals surface area contributed by atoms with Crippen molar-refractivity contribution in [2.45, 2.75) is 30.8 Å². The molecule has 0 aliphatic carbocycles. The van der Waals surface area contributed by atoms with E-state index in [4.69, 9.17) is 31.6 Å². The second kappa shape index (κ2) is 8.57. The number of nitrogens with zero attached hydrogens (tertiary/aromatic N) is 1. The highest BCUT2D eigenvalue weighted by Gasteiger charge is 2.65. The Morgan fingerprint density at radius 3 is 2.32 bits per heavy atom. The molecule has 6 atom stereocenters. The Morgan fingerprint density at radius 1 is 1.23 bits per heavy atom. The average Bonchev–Trinajstić information content (AvgIpc) is 2.71. The zero-order chi connectivity index (χ0) is 24.0. The Bertz CT molecular complexity index is 1100. The summed E-state index contributed by atoms with van der Waals surface area (Å²) in [6.07, 6.45) is -3.94. The zero-order valence-corrected chi connectivity index (χ0v) is 18.5. The van der Waals surface area contributed by atoms with Crippen molar-refractivity contribution in [3.63, 3.8) is 0 Å². The summed E-state index contributed by atoms with van der Waals surface area (Å²) >= 11 is 4.70. The molecule has 6 N–H and O–H groups in total. The number of halogens is 2. The van der Waals surface area contributed by atoms with E-state index in [1.165, 1.54) is 0 Å². The van der Waals surface area contributed by atoms with Crippen LogP contribution in [0, 0.1) is 4.64 Å². The van der Waals surface area contributed by atoms with Gasteiger partial charge >= 0.3 is 29.2 Å². The molecule has 1 fully saturated rings. The first-order chi connectivity index (χ1) is 13.8. The number of nitrogens with one attached hydrogen (secondary N) is 1. The van der Waals surface area contributed by atoms with Gasteiger partial charge in [0.2, 0.25) is 0 Å². The van der Waals surface area contributed by atoms with Gasteiger partial charge in [-0.15, -0.1) is 0 Å². The van der Waals surface area contributed by atoms with Crippen molar-refractivity contribution >= 4 is 35.7 Å². The zero-order valence-electron chi connectivity index (χ0n) is 15.0. The Balaban J connectivity index is 2.22. The van der Waals surface area contributed by atoms with Crippen LogP contribution in [0.3, 0.4) is 0 Å². The van der Waals surface area contributed by atoms with E-state index in [-0.39, 0.29) is 4.64 Å². The van der Waals surface area contributed by atoms with Gasteiger partial charge in [0.1, 0.15) is 11.2 Å². The van der Waals surface area contributed by atoms with Gasteiger partial charge < -0.3 is 29.4 Å². The number of hydrogen-bond donors (Lipinski definition) is 6. The minimum absolute atomic E-state index is 0.0560. The number of phosphoric acid groups is 3. The van der Waals surface area contributed by atoms with Gasteiger partial charge in [-0.25, -0.2) is 27.3 Å². The van der Waals surface area contributed by atoms with Crippen molar-refractivity contribution in [3.05, 3.63) is 27.4 Å². The molecule has 2 rings (SSSR count). The van der Waals surface area contributed by atoms with E-state index in [1.54, 1.807) is 0 Å². The smallest absolute Gasteiger partial charge is 0.384 e. The van der Waals surface area contributed by atoms with Crippen LogP contribution in [0.4, 0.5) is 8.78 Å². The molecule has 1 aliphatic heterocycles. The summed E-state index contributed by atoms with van der Waals surface area (Å²) in [5.74, 6) is -3.61. The van der Waals surface area contributed by atoms with Crippen molar-refractivity contribution in [3.8, 4) is 0 Å². The molecule has 3 unspecified atom stereocenters. The molecule has 0 amide bonds. The number of phosphoric ester groups is 1. The number of aromatic nitrogens is 2. The topological polar surface area (TPSA) is 227 Å². The predicted octanol–water partition coefficient (Wildman–Crippen LogP) is 0.533. The summed E-state index contributed by atoms with van der Waals surface area (Å²) in [6, 6.07) is 1.12. The molecule has 31 heavy (non-hydrogen) atoms. The van der Waals surface area contributed by atoms with Gasteiger partial charge in [0.15, 0.2) is 18.0 Å². The number of aliphatic hydroxyl groups is 1. The standard InChI is InChI=1S/C10H15F2N2O13P3S/c1-9(11)6(15)10(12,25-7(9)14-3-2-5(31)13-8(14)16)4-24-29(20,21)27-30(22,23)26-28(17,18)19/h2-3,6-7,15H,4H2,1H3,(H,20,21)(H,22,23)(H,13,16,31)(H2,17,18,19)/t6-,7-,9?,10-/m1/s1. The van der Waals surface area contributed by atoms with Crippen molar-refractivity contribution in [2.24, 2.45) is 0 Å². The predicted molar refractivity (Wildman–Crippen MR) is 95.2 cm³/mol. The molecule has 15 nitrogen and oxygen atoms in total. The number of H-pyrrole nitrogens is 1. The Hall–Kier alpha value is -0.710. The lowest BCUT2D eigenvalue weighted by Crippen LogP contribution is -2.47. The van der Waals surface area contributed by atoms with Crippen LogP contribution < -0.4 is 5.69 Å². The second-order valence-electron chi connectivity index (χ2n) is 6.19. The molecule has 1 aromatic heterocycles. The normalized spacial score (nSPS) is 33.0. The monoisotopic (exact) mass is 534 g/mol. The SMILES string of the molecule is CC1(F)[C@@H](O)[C@@](F)(COP(=O)(O)OP(=O)(O)OP(=O)(O)O)O[C@H]1n1ccc(=S)[nH]c1=O. The molecular formula is C10H15F2N2O13P3S. The summed E-state index contributed by atoms with van der Waals surface area (Å²) in [5.41, 5.74) is -4.07. The average molecular weight is 534 g/mol. The van der Waals surface area contributed by atoms with E-state index in [2.05, 4.69) is 18.1 Å². The van der Waals surface area contributed by atoms with Crippen LogP contribution in [0.5, 0.6) is 0 Å². The molecule has 1 saturated heterocycles. The molecule has 21 heteroatoms. The molecule has 2 heterocycles. The maximum Gasteiger partial charge on any atom is 0.490 e. The Labute approximate surface area is 175 Å². The minimum Gasteiger partial charge on any atom is -0.384 e. The van der Waals surface area contributed by atoms with Gasteiger partial charge in [0.25, 0.3) is 5.85 Å². The van der Waals surface area contributed by atoms with E-state index >= 15 is 4.39 Å². The minimum atomic E-state index is -5.89. The van der Waals surface area contributed by atoms with Crippen LogP contribution in [0.25, 0.3) is 0 Å². The Kier molecular flexibility index (Phi) is 7.34. The number of aliphatic hydroxyl groups excluding tert-OH is 1. The molecule has 1 aromatic rings. The fourth-order valence-electron chi connectivity index (χ4n) is 2.45. The highest BCUT2D eigenvalue weighted by atomic mass is 32.1. The molecular weight excluding hydrogens is 519 g/mol. The fraction of sp³-hybridized carbons (Fsp3) is 0.600. The Morgan fingerprint density at radius 2 is 1.81 bits per heavy atom. The van der Waals surface area contributed by atoms with Gasteiger partial charge in [-0.2, -0.15) is 8.62 Å². The summed E-state index contributed by atoms with van der Waals surface area (Å²) < 4.78 is 79.6. The molecule has 178 valence electrons. The maximum atomic E-state index is 15.0. The van der Waals surface area contributed by atoms with Gasteiger partial charge in [-0.05, 0) is 13.0 Å². The first kappa shape index (κ1) is 26.5. The summed E-state index contributed by atoms with van der Waals surface area (Å²) in [4.78, 5) is 49.3. The summed E-state index contributed by atoms with van der Waals surface area (Å²) in [5, 5.41) is 9.99. The van der Waals surface area contributed by atoms with Crippen LogP contribution >= 0.6 is 35.7 Å². The van der Waals surface area contributed by atoms with E-state index < -0.39 is 59.6 Å². The summed E-state index contributed by atoms with van der Waals surface area (Å²) in [7, 11) is -17.3. The van der Waals surface area contributed by atoms with Crippen LogP contribution in [0.2, 0.25) is 0 Å². The highest BCUT2D eigenvalue weighted by molar-refractivity contribution is 7.71. The third kappa shape index (κ3) is 6.42. The largest absolute Gasteiger partial charge is 0.490 e. The lowest BCUT2D eigenvalue weighted by atomic mass is 9.97. The lowest BCUT2D eigenvalue weighted by Gasteiger charge is -2.25. The first-order valence-electron chi connectivity index (χ1n) is 7.62. The number of alkyl halides is 2. The van der Waals surface area contributed by atoms with Crippen molar-refractivity contribution < 1.29 is 65.0 Å². The van der Waals surface area contributed by atoms with Crippen LogP contribution in [0.1, 0.15) is 13.2 Å². The molecule has 0 bridgehead atoms. The first-order valence-corrected chi connectivity index (χ1v) is 12.5. The number of aromatic amines is 1. The molecule has 0 aromatic carbocycles. The highest BCUT2D eigenvalue weighted by Crippen LogP contribution is 2.66. The molecule has 1 aliphatic rings. The lowest BCUT2D eigenvalue weighted by molar-refractivity contribution is -0.204. The van der Waals surface area contributed by atoms with Crippen LogP contribution in [-0.4, -0.2) is 58.5 Å². The van der Waals surface area contributed by atoms with E-state index in [9.17, 15) is 32.9 Å². The van der Waals surface area contributed by atoms with E-state index in [1.807, 2.05) is 0 Å². The third-order valence-electron chi connectivity index (χ3n) is 3.68. The van der Waals surface area contributed by atoms with Crippen LogP contribution in [-0.2, 0) is 31.6 Å². The quantitative estimate of drug-likeness (QED) is 0.198. The molecule has 0 radical (unpaired) electrons. The second-order valence-corrected chi connectivity index (χ2v) is 11.1. The van der Waals surface area contributed by atoms with Crippen molar-refractivity contribution in [1.29, 1.82) is 0 Å². The maximum absolute atomic E-state index is 15.0. The van der Waals surface area contributed by atoms with Gasteiger partial charge in [0, 0.05) is 6.20 Å². The molecule has 0 spiro atoms. The number of hydrogen-bond acceptors (Lipinski definition) is 10. The van der Waals surface area contributed by atoms with Gasteiger partial charge in [-0.1, -0.05) is 12.2 Å². The fourth-order valence-corrected chi connectivity index (χ4v) is 5.63. The third-order valence-corrected chi connectivity index (χ3v) is 7.70. The van der Waals surface area contributed by atoms with E-state index in [0.717, 1.165) is 12.3 Å². The van der Waals surface area contributed by atoms with E-state index in [0.29, 0.717) is 11.5 Å². The van der Waals surface area contributed by atoms with Crippen LogP contribution in [0.15, 0.2) is 17.1 Å². The van der Waals surface area contributed by atoms with Gasteiger partial charge in [0.05, 0.1) is 0 Å².